The van der Waals surface area contributed by atoms with E-state index in [9.17, 15) is 24.3 Å². The largest absolute Gasteiger partial charge is 0.478 e. The molecule has 0 fully saturated rings. The van der Waals surface area contributed by atoms with Gasteiger partial charge in [0, 0.05) is 36.7 Å². The van der Waals surface area contributed by atoms with Crippen LogP contribution in [0.2, 0.25) is 0 Å². The van der Waals surface area contributed by atoms with Gasteiger partial charge in [-0.3, -0.25) is 4.79 Å². The second kappa shape index (κ2) is 11.2. The lowest BCUT2D eigenvalue weighted by Gasteiger charge is -2.22. The van der Waals surface area contributed by atoms with E-state index < -0.39 is 11.8 Å². The lowest BCUT2D eigenvalue weighted by molar-refractivity contribution is 0.0697. The molecular weight excluding hydrogens is 487 g/mol. The number of nitrogens with two attached hydrogens (primary N) is 1. The van der Waals surface area contributed by atoms with Crippen molar-refractivity contribution in [1.29, 1.82) is 5.26 Å². The fourth-order valence-electron chi connectivity index (χ4n) is 3.85. The van der Waals surface area contributed by atoms with E-state index in [1.54, 1.807) is 6.92 Å². The number of rotatable bonds is 8. The van der Waals surface area contributed by atoms with Crippen molar-refractivity contribution < 1.29 is 19.1 Å². The molecule has 0 spiro atoms. The Morgan fingerprint density at radius 3 is 2.37 bits per heavy atom. The second-order valence-corrected chi connectivity index (χ2v) is 8.27. The lowest BCUT2D eigenvalue weighted by Crippen LogP contribution is -2.31. The van der Waals surface area contributed by atoms with Crippen LogP contribution in [0.1, 0.15) is 38.8 Å². The molecule has 0 radical (unpaired) electrons. The predicted molar refractivity (Wildman–Crippen MR) is 141 cm³/mol. The summed E-state index contributed by atoms with van der Waals surface area (Å²) in [6.45, 7) is 2.45. The molecule has 0 atom stereocenters. The van der Waals surface area contributed by atoms with Crippen molar-refractivity contribution in [3.8, 4) is 17.2 Å². The van der Waals surface area contributed by atoms with Crippen LogP contribution in [-0.2, 0) is 6.54 Å². The minimum atomic E-state index is -1.15. The van der Waals surface area contributed by atoms with Crippen molar-refractivity contribution >= 4 is 29.2 Å². The number of nitrogen functional groups attached to an aromatic ring is 1. The highest BCUT2D eigenvalue weighted by Gasteiger charge is 2.21. The first-order valence-corrected chi connectivity index (χ1v) is 11.6. The van der Waals surface area contributed by atoms with Gasteiger partial charge < -0.3 is 21.1 Å². The molecule has 0 unspecified atom stereocenters. The molecule has 0 saturated heterocycles. The number of carboxylic acids is 1. The van der Waals surface area contributed by atoms with Crippen molar-refractivity contribution in [1.82, 2.24) is 9.97 Å². The number of halogens is 1. The number of anilines is 3. The third-order valence-corrected chi connectivity index (χ3v) is 5.84. The van der Waals surface area contributed by atoms with Crippen LogP contribution >= 0.6 is 0 Å². The van der Waals surface area contributed by atoms with E-state index >= 15 is 0 Å². The fourth-order valence-corrected chi connectivity index (χ4v) is 3.85. The van der Waals surface area contributed by atoms with Gasteiger partial charge in [0.1, 0.15) is 29.1 Å². The number of carboxylic acid groups (broad SMARTS) is 1. The monoisotopic (exact) mass is 510 g/mol. The quantitative estimate of drug-likeness (QED) is 0.309. The zero-order valence-electron chi connectivity index (χ0n) is 20.4. The molecule has 4 rings (SSSR count). The van der Waals surface area contributed by atoms with Crippen LogP contribution in [0.15, 0.2) is 73.1 Å². The Labute approximate surface area is 218 Å². The number of benzene rings is 2. The van der Waals surface area contributed by atoms with Crippen LogP contribution in [0.3, 0.4) is 0 Å². The maximum absolute atomic E-state index is 13.4. The molecule has 0 aliphatic rings. The SMILES string of the molecule is CCN(C(=O)c1cc(C#N)cnc1NCc1ccc(-c2cnc(N)c(C(=O)O)c2)cc1)c1ccc(F)cc1. The summed E-state index contributed by atoms with van der Waals surface area (Å²) in [7, 11) is 0. The molecule has 0 saturated carbocycles. The number of nitriles is 1. The van der Waals surface area contributed by atoms with E-state index in [0.717, 1.165) is 11.1 Å². The average molecular weight is 511 g/mol. The highest BCUT2D eigenvalue weighted by atomic mass is 19.1. The molecule has 2 aromatic carbocycles. The molecule has 2 aromatic heterocycles. The van der Waals surface area contributed by atoms with Crippen molar-refractivity contribution in [3.05, 3.63) is 101 Å². The maximum Gasteiger partial charge on any atom is 0.339 e. The number of hydrogen-bond acceptors (Lipinski definition) is 7. The molecule has 0 bridgehead atoms. The van der Waals surface area contributed by atoms with Crippen LogP contribution in [0.25, 0.3) is 11.1 Å². The predicted octanol–water partition coefficient (Wildman–Crippen LogP) is 4.71. The third kappa shape index (κ3) is 5.57. The normalized spacial score (nSPS) is 10.4. The number of aromatic nitrogens is 2. The number of nitrogens with one attached hydrogen (secondary N) is 1. The number of amides is 1. The van der Waals surface area contributed by atoms with Gasteiger partial charge in [0.2, 0.25) is 0 Å². The molecule has 4 aromatic rings. The molecule has 10 heteroatoms. The molecule has 1 amide bonds. The molecular formula is C28H23FN6O3. The smallest absolute Gasteiger partial charge is 0.339 e. The second-order valence-electron chi connectivity index (χ2n) is 8.27. The fraction of sp³-hybridized carbons (Fsp3) is 0.107. The van der Waals surface area contributed by atoms with Gasteiger partial charge in [0.05, 0.1) is 11.1 Å². The van der Waals surface area contributed by atoms with Crippen LogP contribution < -0.4 is 16.0 Å². The van der Waals surface area contributed by atoms with Crippen LogP contribution in [0, 0.1) is 17.1 Å². The molecule has 2 heterocycles. The first kappa shape index (κ1) is 25.8. The first-order chi connectivity index (χ1) is 18.3. The molecule has 0 aliphatic heterocycles. The summed E-state index contributed by atoms with van der Waals surface area (Å²) < 4.78 is 13.4. The molecule has 38 heavy (non-hydrogen) atoms. The van der Waals surface area contributed by atoms with Gasteiger partial charge in [-0.15, -0.1) is 0 Å². The maximum atomic E-state index is 13.4. The van der Waals surface area contributed by atoms with E-state index in [4.69, 9.17) is 5.73 Å². The molecule has 4 N–H and O–H groups in total. The van der Waals surface area contributed by atoms with Crippen molar-refractivity contribution in [2.24, 2.45) is 0 Å². The number of carbonyl (C=O) groups is 2. The summed E-state index contributed by atoms with van der Waals surface area (Å²) in [6.07, 6.45) is 2.89. The lowest BCUT2D eigenvalue weighted by atomic mass is 10.0. The first-order valence-electron chi connectivity index (χ1n) is 11.6. The Kier molecular flexibility index (Phi) is 7.58. The van der Waals surface area contributed by atoms with E-state index in [2.05, 4.69) is 15.3 Å². The van der Waals surface area contributed by atoms with Gasteiger partial charge in [-0.1, -0.05) is 24.3 Å². The Morgan fingerprint density at radius 1 is 1.03 bits per heavy atom. The van der Waals surface area contributed by atoms with Gasteiger partial charge >= 0.3 is 5.97 Å². The van der Waals surface area contributed by atoms with E-state index in [1.165, 1.54) is 53.7 Å². The summed E-state index contributed by atoms with van der Waals surface area (Å²) in [5, 5.41) is 21.8. The number of hydrogen-bond donors (Lipinski definition) is 3. The van der Waals surface area contributed by atoms with Gasteiger partial charge in [-0.2, -0.15) is 5.26 Å². The number of pyridine rings is 2. The number of nitrogens with zero attached hydrogens (tertiary/aromatic N) is 4. The van der Waals surface area contributed by atoms with E-state index in [-0.39, 0.29) is 28.4 Å². The third-order valence-electron chi connectivity index (χ3n) is 5.84. The number of aromatic carboxylic acids is 1. The number of carbonyl (C=O) groups excluding carboxylic acids is 1. The topological polar surface area (TPSA) is 145 Å². The summed E-state index contributed by atoms with van der Waals surface area (Å²) in [5.41, 5.74) is 8.77. The van der Waals surface area contributed by atoms with E-state index in [0.29, 0.717) is 30.2 Å². The van der Waals surface area contributed by atoms with Crippen molar-refractivity contribution in [2.75, 3.05) is 22.5 Å². The minimum absolute atomic E-state index is 0.0524. The Morgan fingerprint density at radius 2 is 1.74 bits per heavy atom. The Bertz CT molecular complexity index is 1530. The summed E-state index contributed by atoms with van der Waals surface area (Å²) >= 11 is 0. The highest BCUT2D eigenvalue weighted by Crippen LogP contribution is 2.25. The van der Waals surface area contributed by atoms with Crippen LogP contribution in [0.4, 0.5) is 21.7 Å². The van der Waals surface area contributed by atoms with Gasteiger partial charge in [0.15, 0.2) is 0 Å². The molecule has 9 nitrogen and oxygen atoms in total. The zero-order chi connectivity index (χ0) is 27.2. The zero-order valence-corrected chi connectivity index (χ0v) is 20.4. The van der Waals surface area contributed by atoms with Crippen LogP contribution in [-0.4, -0.2) is 33.5 Å². The summed E-state index contributed by atoms with van der Waals surface area (Å²) in [5.74, 6) is -1.70. The summed E-state index contributed by atoms with van der Waals surface area (Å²) in [4.78, 5) is 34.5. The highest BCUT2D eigenvalue weighted by molar-refractivity contribution is 6.09. The Balaban J connectivity index is 1.55. The average Bonchev–Trinajstić information content (AvgIpc) is 2.93. The minimum Gasteiger partial charge on any atom is -0.478 e. The standard InChI is InChI=1S/C28H23FN6O3/c1-2-35(22-9-7-21(29)8-10-22)27(36)24-11-18(13-30)15-34-26(24)33-14-17-3-5-19(6-4-17)20-12-23(28(37)38)25(31)32-16-20/h3-12,15-16H,2,14H2,1H3,(H2,31,32)(H,33,34)(H,37,38). The Hall–Kier alpha value is -5.30. The van der Waals surface area contributed by atoms with Gasteiger partial charge in [-0.05, 0) is 54.4 Å². The van der Waals surface area contributed by atoms with Gasteiger partial charge in [0.25, 0.3) is 5.91 Å². The molecule has 190 valence electrons. The van der Waals surface area contributed by atoms with Crippen molar-refractivity contribution in [2.45, 2.75) is 13.5 Å². The van der Waals surface area contributed by atoms with Gasteiger partial charge in [-0.25, -0.2) is 19.2 Å². The van der Waals surface area contributed by atoms with E-state index in [1.807, 2.05) is 30.3 Å². The summed E-state index contributed by atoms with van der Waals surface area (Å²) in [6, 6.07) is 17.9. The van der Waals surface area contributed by atoms with Crippen LogP contribution in [0.5, 0.6) is 0 Å². The molecule has 0 aliphatic carbocycles. The van der Waals surface area contributed by atoms with Crippen molar-refractivity contribution in [3.63, 3.8) is 0 Å².